The molecule has 19 heavy (non-hydrogen) atoms. The van der Waals surface area contributed by atoms with Crippen molar-refractivity contribution in [1.29, 1.82) is 0 Å². The Hall–Kier alpha value is -0.720. The third-order valence-electron chi connectivity index (χ3n) is 3.04. The van der Waals surface area contributed by atoms with E-state index in [4.69, 9.17) is 17.3 Å². The van der Waals surface area contributed by atoms with Crippen molar-refractivity contribution in [2.24, 2.45) is 5.41 Å². The lowest BCUT2D eigenvalue weighted by Gasteiger charge is -2.31. The van der Waals surface area contributed by atoms with E-state index in [9.17, 15) is 4.79 Å². The molecule has 0 radical (unpaired) electrons. The molecule has 4 nitrogen and oxygen atoms in total. The fourth-order valence-electron chi connectivity index (χ4n) is 1.85. The maximum atomic E-state index is 12.1. The summed E-state index contributed by atoms with van der Waals surface area (Å²) < 4.78 is 0.697. The summed E-state index contributed by atoms with van der Waals surface area (Å²) in [4.78, 5) is 16.1. The van der Waals surface area contributed by atoms with Gasteiger partial charge in [0.2, 0.25) is 5.91 Å². The summed E-state index contributed by atoms with van der Waals surface area (Å²) >= 11 is 6.50. The number of aliphatic hydroxyl groups is 1. The maximum absolute atomic E-state index is 12.1. The minimum absolute atomic E-state index is 0.0262. The van der Waals surface area contributed by atoms with Crippen LogP contribution in [0.2, 0.25) is 0 Å². The monoisotopic (exact) mass is 302 g/mol. The number of aryl methyl sites for hydroxylation is 1. The number of carbonyl (C=O) groups is 1. The van der Waals surface area contributed by atoms with Crippen LogP contribution in [0.3, 0.4) is 0 Å². The predicted molar refractivity (Wildman–Crippen MR) is 81.0 cm³/mol. The van der Waals surface area contributed by atoms with Gasteiger partial charge in [-0.25, -0.2) is 0 Å². The number of H-pyrrole nitrogens is 1. The zero-order valence-corrected chi connectivity index (χ0v) is 13.5. The van der Waals surface area contributed by atoms with Gasteiger partial charge in [-0.15, -0.1) is 11.3 Å². The Morgan fingerprint density at radius 3 is 2.58 bits per heavy atom. The van der Waals surface area contributed by atoms with Gasteiger partial charge < -0.3 is 15.4 Å². The molecule has 0 aliphatic heterocycles. The van der Waals surface area contributed by atoms with Crippen molar-refractivity contribution < 1.29 is 9.90 Å². The molecule has 0 bridgehead atoms. The summed E-state index contributed by atoms with van der Waals surface area (Å²) in [7, 11) is 0. The van der Waals surface area contributed by atoms with Gasteiger partial charge in [0.1, 0.15) is 0 Å². The number of hydrogen-bond acceptors (Lipinski definition) is 4. The quantitative estimate of drug-likeness (QED) is 0.732. The number of hydrogen-bond donors (Lipinski definition) is 3. The van der Waals surface area contributed by atoms with Gasteiger partial charge in [0, 0.05) is 23.2 Å². The summed E-state index contributed by atoms with van der Waals surface area (Å²) in [6, 6.07) is -0.0304. The van der Waals surface area contributed by atoms with Crippen molar-refractivity contribution in [2.75, 3.05) is 6.61 Å². The van der Waals surface area contributed by atoms with Crippen molar-refractivity contribution in [3.63, 3.8) is 0 Å². The molecule has 1 amide bonds. The molecule has 1 heterocycles. The first-order valence-electron chi connectivity index (χ1n) is 6.33. The van der Waals surface area contributed by atoms with Crippen LogP contribution in [0.25, 0.3) is 0 Å². The molecule has 3 N–H and O–H groups in total. The lowest BCUT2D eigenvalue weighted by molar-refractivity contribution is -0.122. The molecule has 0 aliphatic rings. The van der Waals surface area contributed by atoms with Crippen LogP contribution in [-0.4, -0.2) is 28.6 Å². The van der Waals surface area contributed by atoms with Crippen molar-refractivity contribution >= 4 is 29.5 Å². The second-order valence-corrected chi connectivity index (χ2v) is 7.51. The minimum atomic E-state index is -0.0712. The molecular weight excluding hydrogens is 280 g/mol. The van der Waals surface area contributed by atoms with Gasteiger partial charge in [0.05, 0.1) is 6.42 Å². The average Bonchev–Trinajstić information content (AvgIpc) is 2.55. The molecule has 0 aliphatic carbocycles. The van der Waals surface area contributed by atoms with E-state index in [-0.39, 0.29) is 24.0 Å². The lowest BCUT2D eigenvalue weighted by Crippen LogP contribution is -2.44. The number of aliphatic hydroxyl groups excluding tert-OH is 1. The molecule has 108 valence electrons. The molecule has 1 aromatic heterocycles. The number of rotatable bonds is 5. The van der Waals surface area contributed by atoms with Gasteiger partial charge in [-0.2, -0.15) is 0 Å². The van der Waals surface area contributed by atoms with Crippen LogP contribution >= 0.6 is 23.6 Å². The van der Waals surface area contributed by atoms with Crippen LogP contribution in [0.4, 0.5) is 0 Å². The Morgan fingerprint density at radius 2 is 2.16 bits per heavy atom. The summed E-state index contributed by atoms with van der Waals surface area (Å²) in [5.74, 6) is -0.0262. The zero-order valence-electron chi connectivity index (χ0n) is 11.9. The van der Waals surface area contributed by atoms with Gasteiger partial charge >= 0.3 is 0 Å². The Balaban J connectivity index is 2.68. The highest BCUT2D eigenvalue weighted by Crippen LogP contribution is 2.22. The van der Waals surface area contributed by atoms with Crippen LogP contribution < -0.4 is 5.32 Å². The maximum Gasteiger partial charge on any atom is 0.225 e. The van der Waals surface area contributed by atoms with Crippen LogP contribution in [0.15, 0.2) is 0 Å². The number of thiazole rings is 1. The molecule has 0 spiro atoms. The topological polar surface area (TPSA) is 65.1 Å². The summed E-state index contributed by atoms with van der Waals surface area (Å²) in [6.07, 6.45) is 0.902. The molecule has 1 rings (SSSR count). The molecule has 0 aromatic carbocycles. The molecule has 1 atom stereocenters. The second kappa shape index (κ2) is 6.63. The van der Waals surface area contributed by atoms with Gasteiger partial charge in [-0.1, -0.05) is 20.8 Å². The minimum Gasteiger partial charge on any atom is -0.396 e. The Labute approximate surface area is 123 Å². The standard InChI is InChI=1S/C13H22N2O2S2/c1-8-9(19-12(18)14-8)7-11(17)15-10(5-6-16)13(2,3)4/h10,16H,5-7H2,1-4H3,(H,14,18)(H,15,17). The van der Waals surface area contributed by atoms with Crippen molar-refractivity contribution in [3.8, 4) is 0 Å². The van der Waals surface area contributed by atoms with Crippen molar-refractivity contribution in [2.45, 2.75) is 46.6 Å². The molecule has 1 unspecified atom stereocenters. The molecule has 0 saturated carbocycles. The first-order chi connectivity index (χ1) is 8.74. The fraction of sp³-hybridized carbons (Fsp3) is 0.692. The van der Waals surface area contributed by atoms with E-state index in [1.807, 2.05) is 6.92 Å². The second-order valence-electron chi connectivity index (χ2n) is 5.74. The fourth-order valence-corrected chi connectivity index (χ4v) is 3.14. The summed E-state index contributed by atoms with van der Waals surface area (Å²) in [5.41, 5.74) is 0.887. The number of aromatic nitrogens is 1. The largest absolute Gasteiger partial charge is 0.396 e. The zero-order chi connectivity index (χ0) is 14.6. The van der Waals surface area contributed by atoms with E-state index in [0.29, 0.717) is 16.8 Å². The van der Waals surface area contributed by atoms with Gasteiger partial charge in [0.15, 0.2) is 3.95 Å². The molecule has 0 saturated heterocycles. The van der Waals surface area contributed by atoms with Crippen LogP contribution in [0.5, 0.6) is 0 Å². The van der Waals surface area contributed by atoms with E-state index in [1.54, 1.807) is 0 Å². The molecule has 1 aromatic rings. The van der Waals surface area contributed by atoms with E-state index in [1.165, 1.54) is 11.3 Å². The molecule has 6 heteroatoms. The number of aromatic amines is 1. The average molecular weight is 302 g/mol. The number of carbonyl (C=O) groups excluding carboxylic acids is 1. The van der Waals surface area contributed by atoms with E-state index in [0.717, 1.165) is 10.6 Å². The van der Waals surface area contributed by atoms with E-state index in [2.05, 4.69) is 31.1 Å². The third-order valence-corrected chi connectivity index (χ3v) is 4.38. The van der Waals surface area contributed by atoms with Crippen molar-refractivity contribution in [1.82, 2.24) is 10.3 Å². The lowest BCUT2D eigenvalue weighted by atomic mass is 9.85. The highest BCUT2D eigenvalue weighted by molar-refractivity contribution is 7.73. The number of amides is 1. The van der Waals surface area contributed by atoms with Gasteiger partial charge in [-0.05, 0) is 31.0 Å². The van der Waals surface area contributed by atoms with E-state index >= 15 is 0 Å². The van der Waals surface area contributed by atoms with Crippen LogP contribution in [0, 0.1) is 16.3 Å². The first kappa shape index (κ1) is 16.3. The normalized spacial score (nSPS) is 13.3. The van der Waals surface area contributed by atoms with Gasteiger partial charge in [-0.3, -0.25) is 4.79 Å². The Bertz CT molecular complexity index is 486. The Morgan fingerprint density at radius 1 is 1.53 bits per heavy atom. The Kier molecular flexibility index (Phi) is 5.70. The summed E-state index contributed by atoms with van der Waals surface area (Å²) in [5, 5.41) is 12.1. The SMILES string of the molecule is Cc1[nH]c(=S)sc1CC(=O)NC(CCO)C(C)(C)C. The summed E-state index contributed by atoms with van der Waals surface area (Å²) in [6.45, 7) is 8.16. The first-order valence-corrected chi connectivity index (χ1v) is 7.55. The van der Waals surface area contributed by atoms with Crippen LogP contribution in [-0.2, 0) is 11.2 Å². The third kappa shape index (κ3) is 5.04. The highest BCUT2D eigenvalue weighted by atomic mass is 32.1. The predicted octanol–water partition coefficient (Wildman–Crippen LogP) is 2.57. The highest BCUT2D eigenvalue weighted by Gasteiger charge is 2.25. The van der Waals surface area contributed by atoms with Crippen LogP contribution in [0.1, 0.15) is 37.8 Å². The van der Waals surface area contributed by atoms with Gasteiger partial charge in [0.25, 0.3) is 0 Å². The smallest absolute Gasteiger partial charge is 0.225 e. The van der Waals surface area contributed by atoms with Crippen molar-refractivity contribution in [3.05, 3.63) is 14.5 Å². The van der Waals surface area contributed by atoms with E-state index < -0.39 is 0 Å². The molecule has 0 fully saturated rings. The molecular formula is C13H22N2O2S2. The number of nitrogens with one attached hydrogen (secondary N) is 2.